The fraction of sp³-hybridized carbons (Fsp3) is 0.643. The molecule has 108 valence electrons. The Morgan fingerprint density at radius 3 is 2.89 bits per heavy atom. The summed E-state index contributed by atoms with van der Waals surface area (Å²) in [6.07, 6.45) is 5.88. The van der Waals surface area contributed by atoms with Crippen LogP contribution in [0.3, 0.4) is 0 Å². The van der Waals surface area contributed by atoms with Crippen molar-refractivity contribution in [2.45, 2.75) is 32.4 Å². The number of aromatic nitrogens is 2. The SMILES string of the molecule is C=CCC(NCCC)c1c(Br)cnn1CCN(C)C. The number of halogens is 1. The summed E-state index contributed by atoms with van der Waals surface area (Å²) >= 11 is 3.62. The Bertz CT molecular complexity index is 387. The Hall–Kier alpha value is -0.650. The number of likely N-dealkylation sites (N-methyl/N-ethyl adjacent to an activating group) is 1. The Kier molecular flexibility index (Phi) is 7.34. The summed E-state index contributed by atoms with van der Waals surface area (Å²) in [5.74, 6) is 0. The first-order chi connectivity index (χ1) is 9.10. The van der Waals surface area contributed by atoms with E-state index in [1.54, 1.807) is 0 Å². The van der Waals surface area contributed by atoms with Gasteiger partial charge < -0.3 is 10.2 Å². The fourth-order valence-corrected chi connectivity index (χ4v) is 2.54. The standard InChI is InChI=1S/C14H25BrN4/c1-5-7-13(16-8-6-2)14-12(15)11-17-19(14)10-9-18(3)4/h5,11,13,16H,1,6-10H2,2-4H3. The van der Waals surface area contributed by atoms with Gasteiger partial charge in [-0.1, -0.05) is 13.0 Å². The summed E-state index contributed by atoms with van der Waals surface area (Å²) < 4.78 is 3.16. The van der Waals surface area contributed by atoms with E-state index in [4.69, 9.17) is 0 Å². The average Bonchev–Trinajstić information content (AvgIpc) is 2.73. The minimum atomic E-state index is 0.275. The third-order valence-electron chi connectivity index (χ3n) is 2.97. The van der Waals surface area contributed by atoms with Gasteiger partial charge in [-0.3, -0.25) is 4.68 Å². The molecule has 1 unspecified atom stereocenters. The second kappa shape index (κ2) is 8.51. The Morgan fingerprint density at radius 1 is 1.58 bits per heavy atom. The lowest BCUT2D eigenvalue weighted by Crippen LogP contribution is -2.27. The van der Waals surface area contributed by atoms with Crippen LogP contribution in [0.15, 0.2) is 23.3 Å². The monoisotopic (exact) mass is 328 g/mol. The lowest BCUT2D eigenvalue weighted by atomic mass is 10.1. The van der Waals surface area contributed by atoms with Gasteiger partial charge in [0.15, 0.2) is 0 Å². The van der Waals surface area contributed by atoms with Crippen LogP contribution in [-0.4, -0.2) is 41.9 Å². The van der Waals surface area contributed by atoms with E-state index >= 15 is 0 Å². The minimum absolute atomic E-state index is 0.275. The van der Waals surface area contributed by atoms with Crippen molar-refractivity contribution in [2.24, 2.45) is 0 Å². The van der Waals surface area contributed by atoms with Crippen LogP contribution in [0.1, 0.15) is 31.5 Å². The lowest BCUT2D eigenvalue weighted by molar-refractivity contribution is 0.362. The Labute approximate surface area is 125 Å². The maximum Gasteiger partial charge on any atom is 0.0699 e. The van der Waals surface area contributed by atoms with E-state index in [1.807, 2.05) is 12.3 Å². The molecule has 0 spiro atoms. The fourth-order valence-electron chi connectivity index (χ4n) is 1.97. The molecule has 19 heavy (non-hydrogen) atoms. The lowest BCUT2D eigenvalue weighted by Gasteiger charge is -2.20. The highest BCUT2D eigenvalue weighted by Crippen LogP contribution is 2.26. The first-order valence-corrected chi connectivity index (χ1v) is 7.59. The smallest absolute Gasteiger partial charge is 0.0699 e. The van der Waals surface area contributed by atoms with Crippen molar-refractivity contribution < 1.29 is 0 Å². The molecule has 1 aromatic heterocycles. The molecule has 0 bridgehead atoms. The topological polar surface area (TPSA) is 33.1 Å². The van der Waals surface area contributed by atoms with Crippen LogP contribution < -0.4 is 5.32 Å². The zero-order valence-electron chi connectivity index (χ0n) is 12.2. The summed E-state index contributed by atoms with van der Waals surface area (Å²) in [7, 11) is 4.16. The molecule has 4 nitrogen and oxygen atoms in total. The van der Waals surface area contributed by atoms with Crippen molar-refractivity contribution in [1.29, 1.82) is 0 Å². The number of rotatable bonds is 9. The van der Waals surface area contributed by atoms with Crippen LogP contribution in [-0.2, 0) is 6.54 Å². The predicted molar refractivity (Wildman–Crippen MR) is 84.3 cm³/mol. The van der Waals surface area contributed by atoms with Gasteiger partial charge in [-0.2, -0.15) is 5.10 Å². The van der Waals surface area contributed by atoms with Crippen molar-refractivity contribution >= 4 is 15.9 Å². The predicted octanol–water partition coefficient (Wildman–Crippen LogP) is 2.82. The molecule has 1 rings (SSSR count). The van der Waals surface area contributed by atoms with Gasteiger partial charge in [-0.15, -0.1) is 6.58 Å². The number of nitrogens with zero attached hydrogens (tertiary/aromatic N) is 3. The summed E-state index contributed by atoms with van der Waals surface area (Å²) in [6, 6.07) is 0.275. The number of hydrogen-bond acceptors (Lipinski definition) is 3. The largest absolute Gasteiger partial charge is 0.308 e. The molecule has 1 atom stereocenters. The summed E-state index contributed by atoms with van der Waals surface area (Å²) in [6.45, 7) is 8.92. The van der Waals surface area contributed by atoms with Gasteiger partial charge >= 0.3 is 0 Å². The molecule has 0 saturated carbocycles. The Morgan fingerprint density at radius 2 is 2.32 bits per heavy atom. The molecule has 5 heteroatoms. The molecule has 0 saturated heterocycles. The summed E-state index contributed by atoms with van der Waals surface area (Å²) in [5.41, 5.74) is 1.22. The molecule has 1 heterocycles. The van der Waals surface area contributed by atoms with Gasteiger partial charge in [-0.05, 0) is 49.4 Å². The first-order valence-electron chi connectivity index (χ1n) is 6.80. The molecule has 1 N–H and O–H groups in total. The van der Waals surface area contributed by atoms with Crippen molar-refractivity contribution in [1.82, 2.24) is 20.0 Å². The maximum atomic E-state index is 4.47. The van der Waals surface area contributed by atoms with E-state index in [0.717, 1.165) is 36.9 Å². The molecular formula is C14H25BrN4. The third-order valence-corrected chi connectivity index (χ3v) is 3.58. The van der Waals surface area contributed by atoms with Crippen molar-refractivity contribution in [3.05, 3.63) is 29.0 Å². The molecular weight excluding hydrogens is 304 g/mol. The minimum Gasteiger partial charge on any atom is -0.308 e. The average molecular weight is 329 g/mol. The number of nitrogens with one attached hydrogen (secondary N) is 1. The second-order valence-electron chi connectivity index (χ2n) is 4.94. The summed E-state index contributed by atoms with van der Waals surface area (Å²) in [4.78, 5) is 2.17. The quantitative estimate of drug-likeness (QED) is 0.707. The molecule has 1 aromatic rings. The van der Waals surface area contributed by atoms with Gasteiger partial charge in [0.25, 0.3) is 0 Å². The maximum absolute atomic E-state index is 4.47. The van der Waals surface area contributed by atoms with E-state index in [1.165, 1.54) is 5.69 Å². The van der Waals surface area contributed by atoms with E-state index in [2.05, 4.69) is 63.5 Å². The van der Waals surface area contributed by atoms with Crippen LogP contribution in [0.4, 0.5) is 0 Å². The van der Waals surface area contributed by atoms with Crippen LogP contribution >= 0.6 is 15.9 Å². The molecule has 0 aliphatic carbocycles. The van der Waals surface area contributed by atoms with E-state index in [0.29, 0.717) is 0 Å². The van der Waals surface area contributed by atoms with Crippen molar-refractivity contribution in [3.63, 3.8) is 0 Å². The van der Waals surface area contributed by atoms with Gasteiger partial charge in [0.2, 0.25) is 0 Å². The first kappa shape index (κ1) is 16.4. The zero-order valence-corrected chi connectivity index (χ0v) is 13.8. The molecule has 0 radical (unpaired) electrons. The van der Waals surface area contributed by atoms with Crippen molar-refractivity contribution in [2.75, 3.05) is 27.2 Å². The highest BCUT2D eigenvalue weighted by Gasteiger charge is 2.18. The molecule has 0 aliphatic rings. The van der Waals surface area contributed by atoms with Crippen LogP contribution in [0.5, 0.6) is 0 Å². The van der Waals surface area contributed by atoms with Crippen LogP contribution in [0, 0.1) is 0 Å². The molecule has 0 fully saturated rings. The zero-order chi connectivity index (χ0) is 14.3. The van der Waals surface area contributed by atoms with E-state index in [9.17, 15) is 0 Å². The number of hydrogen-bond donors (Lipinski definition) is 1. The molecule has 0 amide bonds. The molecule has 0 aliphatic heterocycles. The van der Waals surface area contributed by atoms with Gasteiger partial charge in [0.1, 0.15) is 0 Å². The normalized spacial score (nSPS) is 12.9. The van der Waals surface area contributed by atoms with Crippen molar-refractivity contribution in [3.8, 4) is 0 Å². The van der Waals surface area contributed by atoms with E-state index in [-0.39, 0.29) is 6.04 Å². The van der Waals surface area contributed by atoms with Crippen LogP contribution in [0.25, 0.3) is 0 Å². The van der Waals surface area contributed by atoms with E-state index < -0.39 is 0 Å². The second-order valence-corrected chi connectivity index (χ2v) is 5.79. The van der Waals surface area contributed by atoms with Crippen LogP contribution in [0.2, 0.25) is 0 Å². The highest BCUT2D eigenvalue weighted by molar-refractivity contribution is 9.10. The molecule has 0 aromatic carbocycles. The summed E-state index contributed by atoms with van der Waals surface area (Å²) in [5, 5.41) is 8.03. The van der Waals surface area contributed by atoms with Gasteiger partial charge in [0.05, 0.1) is 29.0 Å². The van der Waals surface area contributed by atoms with Gasteiger partial charge in [0, 0.05) is 6.54 Å². The third kappa shape index (κ3) is 5.09. The Balaban J connectivity index is 2.86. The highest BCUT2D eigenvalue weighted by atomic mass is 79.9. The van der Waals surface area contributed by atoms with Gasteiger partial charge in [-0.25, -0.2) is 0 Å².